The fraction of sp³-hybridized carbons (Fsp3) is 0.400. The van der Waals surface area contributed by atoms with E-state index in [0.717, 1.165) is 6.92 Å². The molecular weight excluding hydrogens is 264 g/mol. The van der Waals surface area contributed by atoms with E-state index in [1.54, 1.807) is 0 Å². The highest BCUT2D eigenvalue weighted by Crippen LogP contribution is 2.08. The summed E-state index contributed by atoms with van der Waals surface area (Å²) >= 11 is 0. The summed E-state index contributed by atoms with van der Waals surface area (Å²) in [5.41, 5.74) is -0.343. The van der Waals surface area contributed by atoms with Gasteiger partial charge in [-0.3, -0.25) is 9.78 Å². The third-order valence-corrected chi connectivity index (χ3v) is 1.69. The van der Waals surface area contributed by atoms with E-state index in [1.165, 1.54) is 6.92 Å². The Balaban J connectivity index is 4.32. The molecule has 9 heteroatoms. The van der Waals surface area contributed by atoms with Crippen LogP contribution in [0.25, 0.3) is 0 Å². The zero-order valence-corrected chi connectivity index (χ0v) is 10.2. The van der Waals surface area contributed by atoms with Crippen LogP contribution in [0.3, 0.4) is 0 Å². The molecule has 1 atom stereocenters. The first-order valence-corrected chi connectivity index (χ1v) is 4.84. The lowest BCUT2D eigenvalue weighted by molar-refractivity contribution is -0.456. The molecule has 9 nitrogen and oxygen atoms in total. The third-order valence-electron chi connectivity index (χ3n) is 1.69. The van der Waals surface area contributed by atoms with Crippen LogP contribution in [-0.2, 0) is 24.4 Å². The van der Waals surface area contributed by atoms with Crippen molar-refractivity contribution in [2.24, 2.45) is 0 Å². The van der Waals surface area contributed by atoms with Crippen LogP contribution in [-0.4, -0.2) is 44.4 Å². The van der Waals surface area contributed by atoms with Crippen molar-refractivity contribution >= 4 is 11.9 Å². The summed E-state index contributed by atoms with van der Waals surface area (Å²) in [4.78, 5) is 30.0. The lowest BCUT2D eigenvalue weighted by Crippen LogP contribution is -2.40. The molecule has 0 saturated heterocycles. The molecule has 0 aliphatic carbocycles. The van der Waals surface area contributed by atoms with Crippen LogP contribution in [0.4, 0.5) is 0 Å². The Kier molecular flexibility index (Phi) is 6.32. The van der Waals surface area contributed by atoms with E-state index in [-0.39, 0.29) is 11.1 Å². The summed E-state index contributed by atoms with van der Waals surface area (Å²) in [6.45, 7) is 5.68. The molecule has 108 valence electrons. The van der Waals surface area contributed by atoms with Crippen LogP contribution in [0.1, 0.15) is 13.8 Å². The van der Waals surface area contributed by atoms with Crippen molar-refractivity contribution in [2.45, 2.75) is 25.9 Å². The molecule has 0 spiro atoms. The van der Waals surface area contributed by atoms with E-state index < -0.39 is 24.0 Å². The maximum Gasteiger partial charge on any atom is 0.372 e. The smallest absolute Gasteiger partial charge is 0.372 e. The molecule has 0 radical (unpaired) electrons. The Hall–Kier alpha value is -1.78. The molecule has 0 aromatic heterocycles. The van der Waals surface area contributed by atoms with Gasteiger partial charge in [-0.05, 0) is 19.9 Å². The minimum Gasteiger partial charge on any atom is -0.381 e. The Morgan fingerprint density at radius 3 is 2.05 bits per heavy atom. The number of aliphatic hydroxyl groups excluding tert-OH is 1. The number of carbonyl (C=O) groups excluding carboxylic acids is 2. The third kappa shape index (κ3) is 6.64. The van der Waals surface area contributed by atoms with Crippen LogP contribution in [0, 0.1) is 0 Å². The monoisotopic (exact) mass is 278 g/mol. The molecule has 0 aromatic carbocycles. The number of hydrogen-bond donors (Lipinski definition) is 4. The van der Waals surface area contributed by atoms with Crippen LogP contribution < -0.4 is 0 Å². The zero-order valence-electron chi connectivity index (χ0n) is 10.2. The van der Waals surface area contributed by atoms with E-state index in [4.69, 9.17) is 20.4 Å². The fourth-order valence-corrected chi connectivity index (χ4v) is 0.632. The molecule has 0 saturated carbocycles. The molecular formula is C10H14O9. The van der Waals surface area contributed by atoms with Gasteiger partial charge in [0.25, 0.3) is 0 Å². The average molecular weight is 278 g/mol. The minimum absolute atomic E-state index is 0.00404. The van der Waals surface area contributed by atoms with Gasteiger partial charge in [0.2, 0.25) is 0 Å². The van der Waals surface area contributed by atoms with Gasteiger partial charge in [-0.1, -0.05) is 6.58 Å². The number of aliphatic hydroxyl groups is 4. The summed E-state index contributed by atoms with van der Waals surface area (Å²) in [5.74, 6) is -5.57. The van der Waals surface area contributed by atoms with E-state index in [2.05, 4.69) is 21.4 Å². The SMILES string of the molecule is C=C(C)C(=O)OOOC(=O)/C(C)=C/C(O)C(O)(O)O. The zero-order chi connectivity index (χ0) is 15.2. The van der Waals surface area contributed by atoms with Crippen molar-refractivity contribution < 1.29 is 44.8 Å². The summed E-state index contributed by atoms with van der Waals surface area (Å²) < 4.78 is 0. The van der Waals surface area contributed by atoms with Crippen molar-refractivity contribution in [2.75, 3.05) is 0 Å². The van der Waals surface area contributed by atoms with Gasteiger partial charge in [0.15, 0.2) is 6.10 Å². The predicted octanol–water partition coefficient (Wildman–Crippen LogP) is -1.57. The second-order valence-electron chi connectivity index (χ2n) is 3.57. The quantitative estimate of drug-likeness (QED) is 0.196. The molecule has 19 heavy (non-hydrogen) atoms. The molecule has 0 bridgehead atoms. The summed E-state index contributed by atoms with van der Waals surface area (Å²) in [6, 6.07) is 0. The van der Waals surface area contributed by atoms with Crippen molar-refractivity contribution in [3.8, 4) is 0 Å². The number of rotatable bonds is 6. The fourth-order valence-electron chi connectivity index (χ4n) is 0.632. The molecule has 0 heterocycles. The number of hydrogen-bond acceptors (Lipinski definition) is 9. The molecule has 0 rings (SSSR count). The second-order valence-corrected chi connectivity index (χ2v) is 3.57. The van der Waals surface area contributed by atoms with Crippen LogP contribution >= 0.6 is 0 Å². The van der Waals surface area contributed by atoms with Crippen LogP contribution in [0.2, 0.25) is 0 Å². The molecule has 0 aliphatic heterocycles. The molecule has 0 fully saturated rings. The van der Waals surface area contributed by atoms with Gasteiger partial charge in [0.1, 0.15) is 0 Å². The van der Waals surface area contributed by atoms with Gasteiger partial charge in [0, 0.05) is 16.2 Å². The Morgan fingerprint density at radius 2 is 1.63 bits per heavy atom. The van der Waals surface area contributed by atoms with Crippen LogP contribution in [0.5, 0.6) is 0 Å². The summed E-state index contributed by atoms with van der Waals surface area (Å²) in [6.07, 6.45) is -1.57. The number of carbonyl (C=O) groups is 2. The second kappa shape index (κ2) is 6.97. The highest BCUT2D eigenvalue weighted by molar-refractivity contribution is 5.88. The first kappa shape index (κ1) is 17.2. The van der Waals surface area contributed by atoms with Gasteiger partial charge >= 0.3 is 17.9 Å². The molecule has 0 aliphatic rings. The Bertz CT molecular complexity index is 390. The lowest BCUT2D eigenvalue weighted by Gasteiger charge is -2.18. The summed E-state index contributed by atoms with van der Waals surface area (Å²) in [7, 11) is 0. The van der Waals surface area contributed by atoms with E-state index in [0.29, 0.717) is 6.08 Å². The lowest BCUT2D eigenvalue weighted by atomic mass is 10.2. The molecule has 1 unspecified atom stereocenters. The van der Waals surface area contributed by atoms with Crippen molar-refractivity contribution in [3.63, 3.8) is 0 Å². The highest BCUT2D eigenvalue weighted by atomic mass is 17.5. The maximum absolute atomic E-state index is 11.2. The standard InChI is InChI=1S/C10H14O9/c1-5(2)8(12)17-19-18-9(13)6(3)4-7(11)10(14,15)16/h4,7,11,14-16H,1H2,2-3H3/b6-4+. The molecule has 0 aromatic rings. The van der Waals surface area contributed by atoms with Gasteiger partial charge in [-0.25, -0.2) is 9.59 Å². The predicted molar refractivity (Wildman–Crippen MR) is 57.2 cm³/mol. The van der Waals surface area contributed by atoms with E-state index in [1.807, 2.05) is 0 Å². The Morgan fingerprint density at radius 1 is 1.16 bits per heavy atom. The van der Waals surface area contributed by atoms with Crippen molar-refractivity contribution in [1.29, 1.82) is 0 Å². The topological polar surface area (TPSA) is 143 Å². The van der Waals surface area contributed by atoms with Gasteiger partial charge in [-0.2, -0.15) is 0 Å². The van der Waals surface area contributed by atoms with E-state index >= 15 is 0 Å². The van der Waals surface area contributed by atoms with Crippen molar-refractivity contribution in [1.82, 2.24) is 0 Å². The van der Waals surface area contributed by atoms with Crippen molar-refractivity contribution in [3.05, 3.63) is 23.8 Å². The average Bonchev–Trinajstić information content (AvgIpc) is 2.26. The normalized spacial score (nSPS) is 13.7. The van der Waals surface area contributed by atoms with Crippen LogP contribution in [0.15, 0.2) is 23.8 Å². The van der Waals surface area contributed by atoms with Gasteiger partial charge in [0.05, 0.1) is 0 Å². The minimum atomic E-state index is -3.41. The first-order chi connectivity index (χ1) is 8.55. The van der Waals surface area contributed by atoms with Gasteiger partial charge < -0.3 is 20.4 Å². The maximum atomic E-state index is 11.2. The van der Waals surface area contributed by atoms with E-state index in [9.17, 15) is 9.59 Å². The highest BCUT2D eigenvalue weighted by Gasteiger charge is 2.29. The largest absolute Gasteiger partial charge is 0.381 e. The Labute approximate surface area is 107 Å². The summed E-state index contributed by atoms with van der Waals surface area (Å²) in [5, 5.41) is 38.6. The molecule has 4 N–H and O–H groups in total. The van der Waals surface area contributed by atoms with Gasteiger partial charge in [-0.15, -0.1) is 0 Å². The molecule has 0 amide bonds. The first-order valence-electron chi connectivity index (χ1n) is 4.84.